The molecule has 4 rings (SSSR count). The molecule has 7 heteroatoms. The van der Waals surface area contributed by atoms with Gasteiger partial charge in [0.15, 0.2) is 5.65 Å². The van der Waals surface area contributed by atoms with Gasteiger partial charge in [0, 0.05) is 30.4 Å². The van der Waals surface area contributed by atoms with Gasteiger partial charge in [-0.3, -0.25) is 4.68 Å². The molecule has 0 saturated carbocycles. The number of methoxy groups -OCH3 is 1. The molecular weight excluding hydrogens is 370 g/mol. The third kappa shape index (κ3) is 3.75. The molecule has 1 aromatic carbocycles. The van der Waals surface area contributed by atoms with Gasteiger partial charge in [0.2, 0.25) is 0 Å². The number of hydrogen-bond donors (Lipinski definition) is 0. The molecular formula is C21H23N5OS. The minimum atomic E-state index is 0.830. The first-order valence-corrected chi connectivity index (χ1v) is 10.3. The SMILES string of the molecule is CCCCSc1cc2nc(-c3ccc(OC)cc3)cc(-c3cnn(C)c3)n2n1. The van der Waals surface area contributed by atoms with E-state index >= 15 is 0 Å². The molecule has 0 saturated heterocycles. The molecule has 0 aliphatic carbocycles. The maximum absolute atomic E-state index is 5.27. The summed E-state index contributed by atoms with van der Waals surface area (Å²) in [4.78, 5) is 4.86. The Hall–Kier alpha value is -2.80. The van der Waals surface area contributed by atoms with E-state index in [2.05, 4.69) is 24.2 Å². The quantitative estimate of drug-likeness (QED) is 0.336. The van der Waals surface area contributed by atoms with Crippen LogP contribution in [0.3, 0.4) is 0 Å². The lowest BCUT2D eigenvalue weighted by Gasteiger charge is -2.07. The molecule has 0 amide bonds. The number of fused-ring (bicyclic) bond motifs is 1. The minimum absolute atomic E-state index is 0.830. The molecule has 0 unspecified atom stereocenters. The molecule has 144 valence electrons. The Morgan fingerprint density at radius 1 is 1.11 bits per heavy atom. The number of ether oxygens (including phenoxy) is 1. The van der Waals surface area contributed by atoms with Crippen LogP contribution >= 0.6 is 11.8 Å². The topological polar surface area (TPSA) is 57.2 Å². The van der Waals surface area contributed by atoms with Crippen molar-refractivity contribution in [2.24, 2.45) is 7.05 Å². The van der Waals surface area contributed by atoms with Gasteiger partial charge < -0.3 is 4.74 Å². The summed E-state index contributed by atoms with van der Waals surface area (Å²) in [5.41, 5.74) is 4.77. The second-order valence-electron chi connectivity index (χ2n) is 6.61. The Morgan fingerprint density at radius 3 is 2.61 bits per heavy atom. The highest BCUT2D eigenvalue weighted by Gasteiger charge is 2.14. The molecule has 0 aliphatic rings. The third-order valence-electron chi connectivity index (χ3n) is 4.54. The second-order valence-corrected chi connectivity index (χ2v) is 7.73. The zero-order chi connectivity index (χ0) is 19.5. The van der Waals surface area contributed by atoms with Crippen LogP contribution in [0.2, 0.25) is 0 Å². The summed E-state index contributed by atoms with van der Waals surface area (Å²) in [7, 11) is 3.59. The van der Waals surface area contributed by atoms with Crippen LogP contribution in [0.4, 0.5) is 0 Å². The molecule has 0 aliphatic heterocycles. The number of aryl methyl sites for hydroxylation is 1. The van der Waals surface area contributed by atoms with Gasteiger partial charge in [-0.05, 0) is 42.5 Å². The van der Waals surface area contributed by atoms with Crippen molar-refractivity contribution < 1.29 is 4.74 Å². The predicted molar refractivity (Wildman–Crippen MR) is 113 cm³/mol. The van der Waals surface area contributed by atoms with Crippen LogP contribution in [0.1, 0.15) is 19.8 Å². The van der Waals surface area contributed by atoms with Gasteiger partial charge >= 0.3 is 0 Å². The van der Waals surface area contributed by atoms with Gasteiger partial charge in [-0.1, -0.05) is 13.3 Å². The van der Waals surface area contributed by atoms with Crippen molar-refractivity contribution in [3.05, 3.63) is 48.8 Å². The average molecular weight is 394 g/mol. The fourth-order valence-corrected chi connectivity index (χ4v) is 3.98. The summed E-state index contributed by atoms with van der Waals surface area (Å²) in [6.45, 7) is 2.20. The number of rotatable bonds is 7. The maximum Gasteiger partial charge on any atom is 0.157 e. The molecule has 3 heterocycles. The Bertz CT molecular complexity index is 1080. The number of thioether (sulfide) groups is 1. The van der Waals surface area contributed by atoms with Crippen LogP contribution in [0.5, 0.6) is 5.75 Å². The van der Waals surface area contributed by atoms with Crippen molar-refractivity contribution in [1.29, 1.82) is 0 Å². The lowest BCUT2D eigenvalue weighted by molar-refractivity contribution is 0.415. The molecule has 0 bridgehead atoms. The number of unbranched alkanes of at least 4 members (excludes halogenated alkanes) is 1. The van der Waals surface area contributed by atoms with E-state index in [0.717, 1.165) is 44.7 Å². The van der Waals surface area contributed by atoms with Gasteiger partial charge in [0.05, 0.1) is 24.7 Å². The summed E-state index contributed by atoms with van der Waals surface area (Å²) < 4.78 is 8.99. The predicted octanol–water partition coefficient (Wildman–Crippen LogP) is 4.70. The largest absolute Gasteiger partial charge is 0.497 e. The van der Waals surface area contributed by atoms with Crippen molar-refractivity contribution in [2.75, 3.05) is 12.9 Å². The van der Waals surface area contributed by atoms with Crippen molar-refractivity contribution in [3.63, 3.8) is 0 Å². The van der Waals surface area contributed by atoms with Crippen molar-refractivity contribution >= 4 is 17.4 Å². The van der Waals surface area contributed by atoms with Crippen LogP contribution in [0.15, 0.2) is 53.8 Å². The van der Waals surface area contributed by atoms with E-state index in [9.17, 15) is 0 Å². The van der Waals surface area contributed by atoms with Crippen molar-refractivity contribution in [1.82, 2.24) is 24.4 Å². The molecule has 0 spiro atoms. The van der Waals surface area contributed by atoms with Crippen LogP contribution in [-0.4, -0.2) is 37.2 Å². The molecule has 0 N–H and O–H groups in total. The Kier molecular flexibility index (Phi) is 5.34. The summed E-state index contributed by atoms with van der Waals surface area (Å²) in [5.74, 6) is 1.89. The van der Waals surface area contributed by atoms with E-state index in [1.54, 1.807) is 23.6 Å². The standard InChI is InChI=1S/C21H23N5OS/c1-4-5-10-28-21-12-20-23-18(15-6-8-17(27-3)9-7-15)11-19(26(20)24-21)16-13-22-25(2)14-16/h6-9,11-14H,4-5,10H2,1-3H3. The van der Waals surface area contributed by atoms with Crippen LogP contribution < -0.4 is 4.74 Å². The van der Waals surface area contributed by atoms with E-state index in [4.69, 9.17) is 14.8 Å². The molecule has 3 aromatic heterocycles. The van der Waals surface area contributed by atoms with Crippen LogP contribution in [0.25, 0.3) is 28.2 Å². The molecule has 0 radical (unpaired) electrons. The number of benzene rings is 1. The average Bonchev–Trinajstić information content (AvgIpc) is 3.33. The fraction of sp³-hybridized carbons (Fsp3) is 0.286. The third-order valence-corrected chi connectivity index (χ3v) is 5.53. The van der Waals surface area contributed by atoms with Crippen LogP contribution in [0, 0.1) is 0 Å². The van der Waals surface area contributed by atoms with Gasteiger partial charge in [0.25, 0.3) is 0 Å². The number of aromatic nitrogens is 5. The van der Waals surface area contributed by atoms with E-state index in [1.165, 1.54) is 12.8 Å². The highest BCUT2D eigenvalue weighted by molar-refractivity contribution is 7.99. The highest BCUT2D eigenvalue weighted by atomic mass is 32.2. The van der Waals surface area contributed by atoms with Crippen molar-refractivity contribution in [2.45, 2.75) is 24.8 Å². The zero-order valence-electron chi connectivity index (χ0n) is 16.3. The second kappa shape index (κ2) is 8.06. The molecule has 4 aromatic rings. The van der Waals surface area contributed by atoms with Gasteiger partial charge in [-0.25, -0.2) is 9.50 Å². The normalized spacial score (nSPS) is 11.2. The fourth-order valence-electron chi connectivity index (χ4n) is 3.01. The molecule has 0 atom stereocenters. The summed E-state index contributed by atoms with van der Waals surface area (Å²) in [6.07, 6.45) is 6.22. The first-order valence-electron chi connectivity index (χ1n) is 9.35. The van der Waals surface area contributed by atoms with Gasteiger partial charge in [0.1, 0.15) is 10.8 Å². The number of nitrogens with zero attached hydrogens (tertiary/aromatic N) is 5. The summed E-state index contributed by atoms with van der Waals surface area (Å²) >= 11 is 1.78. The summed E-state index contributed by atoms with van der Waals surface area (Å²) in [6, 6.07) is 12.1. The first-order chi connectivity index (χ1) is 13.7. The van der Waals surface area contributed by atoms with E-state index in [-0.39, 0.29) is 0 Å². The smallest absolute Gasteiger partial charge is 0.157 e. The molecule has 0 fully saturated rings. The van der Waals surface area contributed by atoms with E-state index in [1.807, 2.05) is 48.2 Å². The lowest BCUT2D eigenvalue weighted by atomic mass is 10.1. The van der Waals surface area contributed by atoms with Crippen LogP contribution in [-0.2, 0) is 7.05 Å². The molecule has 6 nitrogen and oxygen atoms in total. The number of hydrogen-bond acceptors (Lipinski definition) is 5. The van der Waals surface area contributed by atoms with E-state index in [0.29, 0.717) is 0 Å². The van der Waals surface area contributed by atoms with Gasteiger partial charge in [-0.2, -0.15) is 10.2 Å². The highest BCUT2D eigenvalue weighted by Crippen LogP contribution is 2.29. The van der Waals surface area contributed by atoms with E-state index < -0.39 is 0 Å². The van der Waals surface area contributed by atoms with Crippen molar-refractivity contribution in [3.8, 4) is 28.3 Å². The Morgan fingerprint density at radius 2 is 1.93 bits per heavy atom. The molecule has 28 heavy (non-hydrogen) atoms. The zero-order valence-corrected chi connectivity index (χ0v) is 17.1. The lowest BCUT2D eigenvalue weighted by Crippen LogP contribution is -1.98. The Balaban J connectivity index is 1.82. The summed E-state index contributed by atoms with van der Waals surface area (Å²) in [5, 5.41) is 10.1. The first kappa shape index (κ1) is 18.6. The van der Waals surface area contributed by atoms with Gasteiger partial charge in [-0.15, -0.1) is 11.8 Å². The Labute approximate surface area is 168 Å². The maximum atomic E-state index is 5.27. The monoisotopic (exact) mass is 393 g/mol. The minimum Gasteiger partial charge on any atom is -0.497 e.